The molecular weight excluding hydrogens is 120 g/mol. The van der Waals surface area contributed by atoms with Crippen LogP contribution in [0.1, 0.15) is 20.8 Å². The third-order valence-corrected chi connectivity index (χ3v) is 1.93. The summed E-state index contributed by atoms with van der Waals surface area (Å²) in [7, 11) is 0. The summed E-state index contributed by atoms with van der Waals surface area (Å²) in [4.78, 5) is 0. The zero-order chi connectivity index (χ0) is 7.56. The van der Waals surface area contributed by atoms with Crippen molar-refractivity contribution >= 4 is 0 Å². The van der Waals surface area contributed by atoms with Crippen LogP contribution in [0.2, 0.25) is 0 Å². The molecule has 10 heavy (non-hydrogen) atoms. The molecule has 1 unspecified atom stereocenters. The Bertz CT molecular complexity index is 204. The summed E-state index contributed by atoms with van der Waals surface area (Å²) in [5.41, 5.74) is 2.79. The average molecular weight is 134 g/mol. The zero-order valence-electron chi connectivity index (χ0n) is 6.89. The normalized spacial score (nSPS) is 25.3. The van der Waals surface area contributed by atoms with Crippen LogP contribution in [0.15, 0.2) is 35.5 Å². The Morgan fingerprint density at radius 1 is 1.30 bits per heavy atom. The van der Waals surface area contributed by atoms with E-state index in [1.54, 1.807) is 0 Å². The first kappa shape index (κ1) is 7.33. The zero-order valence-corrected chi connectivity index (χ0v) is 6.89. The second-order valence-electron chi connectivity index (χ2n) is 2.97. The number of hydrogen-bond donors (Lipinski definition) is 0. The van der Waals surface area contributed by atoms with Crippen molar-refractivity contribution in [1.82, 2.24) is 0 Å². The van der Waals surface area contributed by atoms with Crippen LogP contribution in [0.3, 0.4) is 0 Å². The Morgan fingerprint density at radius 3 is 2.70 bits per heavy atom. The highest BCUT2D eigenvalue weighted by Crippen LogP contribution is 2.16. The monoisotopic (exact) mass is 134 g/mol. The van der Waals surface area contributed by atoms with Crippen molar-refractivity contribution in [3.63, 3.8) is 0 Å². The fourth-order valence-electron chi connectivity index (χ4n) is 1.06. The molecule has 0 aromatic carbocycles. The second-order valence-corrected chi connectivity index (χ2v) is 2.97. The van der Waals surface area contributed by atoms with E-state index in [1.807, 2.05) is 0 Å². The van der Waals surface area contributed by atoms with Crippen molar-refractivity contribution in [2.45, 2.75) is 20.8 Å². The van der Waals surface area contributed by atoms with Crippen LogP contribution in [-0.4, -0.2) is 0 Å². The molecule has 0 bridgehead atoms. The molecule has 0 aromatic rings. The number of hydrogen-bond acceptors (Lipinski definition) is 0. The summed E-state index contributed by atoms with van der Waals surface area (Å²) < 4.78 is 0. The van der Waals surface area contributed by atoms with Crippen LogP contribution in [0, 0.1) is 5.92 Å². The van der Waals surface area contributed by atoms with Crippen LogP contribution in [0.25, 0.3) is 0 Å². The van der Waals surface area contributed by atoms with Gasteiger partial charge in [0.15, 0.2) is 0 Å². The Labute approximate surface area is 62.9 Å². The highest BCUT2D eigenvalue weighted by Gasteiger charge is 2.00. The van der Waals surface area contributed by atoms with Gasteiger partial charge in [0.2, 0.25) is 0 Å². The van der Waals surface area contributed by atoms with Gasteiger partial charge in [-0.25, -0.2) is 0 Å². The summed E-state index contributed by atoms with van der Waals surface area (Å²) in [6, 6.07) is 0. The first-order chi connectivity index (χ1) is 4.70. The Morgan fingerprint density at radius 2 is 2.00 bits per heavy atom. The van der Waals surface area contributed by atoms with Crippen molar-refractivity contribution in [3.05, 3.63) is 35.5 Å². The minimum Gasteiger partial charge on any atom is -0.0776 e. The maximum atomic E-state index is 2.24. The van der Waals surface area contributed by atoms with E-state index in [-0.39, 0.29) is 0 Å². The molecule has 1 aliphatic rings. The highest BCUT2D eigenvalue weighted by molar-refractivity contribution is 5.30. The molecule has 0 saturated carbocycles. The quantitative estimate of drug-likeness (QED) is 0.477. The molecule has 0 fully saturated rings. The van der Waals surface area contributed by atoms with Gasteiger partial charge in [-0.15, -0.1) is 0 Å². The topological polar surface area (TPSA) is 0 Å². The van der Waals surface area contributed by atoms with Crippen LogP contribution in [0.4, 0.5) is 0 Å². The van der Waals surface area contributed by atoms with Crippen LogP contribution in [0.5, 0.6) is 0 Å². The van der Waals surface area contributed by atoms with Crippen LogP contribution in [-0.2, 0) is 0 Å². The van der Waals surface area contributed by atoms with Gasteiger partial charge in [0.05, 0.1) is 0 Å². The molecular formula is C10H14. The van der Waals surface area contributed by atoms with E-state index >= 15 is 0 Å². The lowest BCUT2D eigenvalue weighted by Crippen LogP contribution is -1.89. The molecule has 54 valence electrons. The highest BCUT2D eigenvalue weighted by atomic mass is 14.1. The summed E-state index contributed by atoms with van der Waals surface area (Å²) in [6.07, 6.45) is 8.74. The molecule has 0 amide bonds. The smallest absolute Gasteiger partial charge is 0.00481 e. The standard InChI is InChI=1S/C10H14/c1-8-5-4-6-9(2)10(3)7-8/h4-7,9H,1-3H3. The first-order valence-corrected chi connectivity index (χ1v) is 3.73. The molecule has 0 radical (unpaired) electrons. The first-order valence-electron chi connectivity index (χ1n) is 3.73. The van der Waals surface area contributed by atoms with Crippen LogP contribution >= 0.6 is 0 Å². The molecule has 0 nitrogen and oxygen atoms in total. The molecule has 0 spiro atoms. The van der Waals surface area contributed by atoms with Gasteiger partial charge in [0, 0.05) is 0 Å². The SMILES string of the molecule is CC1=CC=CC(C)C(C)=C1. The van der Waals surface area contributed by atoms with E-state index in [0.29, 0.717) is 5.92 Å². The molecule has 0 saturated heterocycles. The largest absolute Gasteiger partial charge is 0.0776 e. The molecule has 0 N–H and O–H groups in total. The van der Waals surface area contributed by atoms with E-state index in [9.17, 15) is 0 Å². The predicted molar refractivity (Wildman–Crippen MR) is 45.8 cm³/mol. The van der Waals surface area contributed by atoms with Gasteiger partial charge in [0.1, 0.15) is 0 Å². The Balaban J connectivity index is 2.90. The third kappa shape index (κ3) is 1.60. The van der Waals surface area contributed by atoms with Crippen LogP contribution < -0.4 is 0 Å². The van der Waals surface area contributed by atoms with Crippen molar-refractivity contribution < 1.29 is 0 Å². The van der Waals surface area contributed by atoms with E-state index in [0.717, 1.165) is 0 Å². The summed E-state index contributed by atoms with van der Waals surface area (Å²) >= 11 is 0. The molecule has 0 aliphatic heterocycles. The summed E-state index contributed by atoms with van der Waals surface area (Å²) in [5, 5.41) is 0. The van der Waals surface area contributed by atoms with Gasteiger partial charge in [0.25, 0.3) is 0 Å². The lowest BCUT2D eigenvalue weighted by Gasteiger charge is -2.03. The van der Waals surface area contributed by atoms with Gasteiger partial charge in [-0.2, -0.15) is 0 Å². The average Bonchev–Trinajstić information content (AvgIpc) is 1.96. The number of rotatable bonds is 0. The van der Waals surface area contributed by atoms with E-state index in [1.165, 1.54) is 11.1 Å². The van der Waals surface area contributed by atoms with Gasteiger partial charge >= 0.3 is 0 Å². The fraction of sp³-hybridized carbons (Fsp3) is 0.400. The van der Waals surface area contributed by atoms with Gasteiger partial charge in [-0.05, 0) is 19.8 Å². The molecule has 0 heterocycles. The molecule has 1 rings (SSSR count). The molecule has 1 atom stereocenters. The lowest BCUT2D eigenvalue weighted by atomic mass is 10.0. The Kier molecular flexibility index (Phi) is 2.10. The summed E-state index contributed by atoms with van der Waals surface area (Å²) in [5.74, 6) is 0.605. The van der Waals surface area contributed by atoms with Crippen molar-refractivity contribution in [1.29, 1.82) is 0 Å². The third-order valence-electron chi connectivity index (χ3n) is 1.93. The maximum absolute atomic E-state index is 2.24. The van der Waals surface area contributed by atoms with E-state index < -0.39 is 0 Å². The van der Waals surface area contributed by atoms with Gasteiger partial charge in [-0.3, -0.25) is 0 Å². The predicted octanol–water partition coefficient (Wildman–Crippen LogP) is 3.08. The van der Waals surface area contributed by atoms with Gasteiger partial charge in [-0.1, -0.05) is 42.4 Å². The van der Waals surface area contributed by atoms with Crippen molar-refractivity contribution in [2.24, 2.45) is 5.92 Å². The lowest BCUT2D eigenvalue weighted by molar-refractivity contribution is 0.864. The summed E-state index contributed by atoms with van der Waals surface area (Å²) in [6.45, 7) is 6.53. The van der Waals surface area contributed by atoms with Crippen molar-refractivity contribution in [3.8, 4) is 0 Å². The molecule has 0 heteroatoms. The fourth-order valence-corrected chi connectivity index (χ4v) is 1.06. The van der Waals surface area contributed by atoms with Crippen molar-refractivity contribution in [2.75, 3.05) is 0 Å². The maximum Gasteiger partial charge on any atom is -0.00481 e. The van der Waals surface area contributed by atoms with E-state index in [4.69, 9.17) is 0 Å². The van der Waals surface area contributed by atoms with E-state index in [2.05, 4.69) is 45.1 Å². The molecule has 0 aromatic heterocycles. The second kappa shape index (κ2) is 2.87. The van der Waals surface area contributed by atoms with Gasteiger partial charge < -0.3 is 0 Å². The number of allylic oxidation sites excluding steroid dienone is 6. The molecule has 1 aliphatic carbocycles. The Hall–Kier alpha value is -0.780. The minimum atomic E-state index is 0.605. The minimum absolute atomic E-state index is 0.605.